The van der Waals surface area contributed by atoms with E-state index in [0.29, 0.717) is 0 Å². The zero-order valence-corrected chi connectivity index (χ0v) is 13.5. The Balaban J connectivity index is 2.05. The molecule has 1 N–H and O–H groups in total. The van der Waals surface area contributed by atoms with Crippen molar-refractivity contribution in [3.8, 4) is 0 Å². The van der Waals surface area contributed by atoms with Gasteiger partial charge in [-0.05, 0) is 32.1 Å². The number of alkyl halides is 1. The van der Waals surface area contributed by atoms with Crippen LogP contribution in [0.25, 0.3) is 0 Å². The number of hydrogen-bond acceptors (Lipinski definition) is 2. The maximum Gasteiger partial charge on any atom is 0.255 e. The lowest BCUT2D eigenvalue weighted by Gasteiger charge is -2.26. The SMILES string of the molecule is Cc1nn(C)c(C)c1C(=O)NCC1(CBr)CCCC1. The van der Waals surface area contributed by atoms with E-state index in [1.54, 1.807) is 4.68 Å². The first-order chi connectivity index (χ1) is 8.99. The van der Waals surface area contributed by atoms with Gasteiger partial charge in [0.15, 0.2) is 0 Å². The Morgan fingerprint density at radius 3 is 2.53 bits per heavy atom. The largest absolute Gasteiger partial charge is 0.351 e. The van der Waals surface area contributed by atoms with Gasteiger partial charge in [0.25, 0.3) is 5.91 Å². The molecule has 1 aliphatic carbocycles. The molecule has 0 saturated heterocycles. The van der Waals surface area contributed by atoms with E-state index in [0.717, 1.165) is 28.8 Å². The van der Waals surface area contributed by atoms with Crippen molar-refractivity contribution in [3.63, 3.8) is 0 Å². The zero-order chi connectivity index (χ0) is 14.0. The first-order valence-corrected chi connectivity index (χ1v) is 7.96. The standard InChI is InChI=1S/C14H22BrN3O/c1-10-12(11(2)18(3)17-10)13(19)16-9-14(8-15)6-4-5-7-14/h4-9H2,1-3H3,(H,16,19). The minimum Gasteiger partial charge on any atom is -0.351 e. The third-order valence-electron chi connectivity index (χ3n) is 4.31. The van der Waals surface area contributed by atoms with Crippen molar-refractivity contribution in [2.24, 2.45) is 12.5 Å². The molecule has 0 atom stereocenters. The van der Waals surface area contributed by atoms with Crippen LogP contribution < -0.4 is 5.32 Å². The van der Waals surface area contributed by atoms with Crippen LogP contribution in [0.2, 0.25) is 0 Å². The van der Waals surface area contributed by atoms with Crippen LogP contribution >= 0.6 is 15.9 Å². The molecule has 1 aromatic heterocycles. The van der Waals surface area contributed by atoms with Crippen molar-refractivity contribution in [1.29, 1.82) is 0 Å². The Labute approximate surface area is 123 Å². The molecule has 2 rings (SSSR count). The zero-order valence-electron chi connectivity index (χ0n) is 11.9. The van der Waals surface area contributed by atoms with Crippen molar-refractivity contribution < 1.29 is 4.79 Å². The molecule has 1 aliphatic rings. The highest BCUT2D eigenvalue weighted by Crippen LogP contribution is 2.39. The molecule has 1 heterocycles. The summed E-state index contributed by atoms with van der Waals surface area (Å²) in [6.45, 7) is 4.58. The van der Waals surface area contributed by atoms with E-state index in [1.807, 2.05) is 20.9 Å². The molecule has 19 heavy (non-hydrogen) atoms. The van der Waals surface area contributed by atoms with Gasteiger partial charge in [-0.1, -0.05) is 28.8 Å². The van der Waals surface area contributed by atoms with E-state index in [-0.39, 0.29) is 11.3 Å². The molecule has 106 valence electrons. The van der Waals surface area contributed by atoms with Crippen LogP contribution in [-0.4, -0.2) is 27.6 Å². The van der Waals surface area contributed by atoms with Gasteiger partial charge in [-0.2, -0.15) is 5.10 Å². The van der Waals surface area contributed by atoms with E-state index in [4.69, 9.17) is 0 Å². The fraction of sp³-hybridized carbons (Fsp3) is 0.714. The van der Waals surface area contributed by atoms with E-state index >= 15 is 0 Å². The Morgan fingerprint density at radius 1 is 1.42 bits per heavy atom. The quantitative estimate of drug-likeness (QED) is 0.864. The summed E-state index contributed by atoms with van der Waals surface area (Å²) in [7, 11) is 1.87. The van der Waals surface area contributed by atoms with Crippen LogP contribution in [0.3, 0.4) is 0 Å². The van der Waals surface area contributed by atoms with Crippen LogP contribution in [-0.2, 0) is 7.05 Å². The summed E-state index contributed by atoms with van der Waals surface area (Å²) in [6.07, 6.45) is 4.94. The Bertz CT molecular complexity index is 475. The number of carbonyl (C=O) groups is 1. The van der Waals surface area contributed by atoms with Gasteiger partial charge in [0.05, 0.1) is 11.3 Å². The van der Waals surface area contributed by atoms with Gasteiger partial charge in [-0.15, -0.1) is 0 Å². The van der Waals surface area contributed by atoms with Crippen LogP contribution in [0.15, 0.2) is 0 Å². The van der Waals surface area contributed by atoms with Crippen molar-refractivity contribution in [1.82, 2.24) is 15.1 Å². The van der Waals surface area contributed by atoms with Gasteiger partial charge in [0.2, 0.25) is 0 Å². The highest BCUT2D eigenvalue weighted by atomic mass is 79.9. The number of amides is 1. The highest BCUT2D eigenvalue weighted by molar-refractivity contribution is 9.09. The number of carbonyl (C=O) groups excluding carboxylic acids is 1. The molecule has 0 radical (unpaired) electrons. The van der Waals surface area contributed by atoms with Crippen LogP contribution in [0.1, 0.15) is 47.4 Å². The normalized spacial score (nSPS) is 17.7. The van der Waals surface area contributed by atoms with Crippen molar-refractivity contribution in [2.75, 3.05) is 11.9 Å². The van der Waals surface area contributed by atoms with Gasteiger partial charge >= 0.3 is 0 Å². The van der Waals surface area contributed by atoms with Crippen molar-refractivity contribution in [3.05, 3.63) is 17.0 Å². The average Bonchev–Trinajstić information content (AvgIpc) is 2.94. The summed E-state index contributed by atoms with van der Waals surface area (Å²) < 4.78 is 1.76. The molecular formula is C14H22BrN3O. The molecule has 1 aromatic rings. The Morgan fingerprint density at radius 2 is 2.05 bits per heavy atom. The van der Waals surface area contributed by atoms with Crippen LogP contribution in [0.4, 0.5) is 0 Å². The first-order valence-electron chi connectivity index (χ1n) is 6.83. The van der Waals surface area contributed by atoms with E-state index in [2.05, 4.69) is 26.3 Å². The predicted molar refractivity (Wildman–Crippen MR) is 79.7 cm³/mol. The molecule has 0 aromatic carbocycles. The molecule has 4 nitrogen and oxygen atoms in total. The molecule has 1 amide bonds. The minimum atomic E-state index is 0.00956. The molecule has 5 heteroatoms. The van der Waals surface area contributed by atoms with E-state index in [9.17, 15) is 4.79 Å². The Hall–Kier alpha value is -0.840. The number of aromatic nitrogens is 2. The van der Waals surface area contributed by atoms with Crippen molar-refractivity contribution >= 4 is 21.8 Å². The summed E-state index contributed by atoms with van der Waals surface area (Å²) >= 11 is 3.61. The molecule has 0 aliphatic heterocycles. The molecule has 0 spiro atoms. The number of aryl methyl sites for hydroxylation is 2. The fourth-order valence-corrected chi connectivity index (χ4v) is 3.70. The van der Waals surface area contributed by atoms with Crippen LogP contribution in [0.5, 0.6) is 0 Å². The maximum atomic E-state index is 12.3. The number of halogens is 1. The molecule has 1 saturated carbocycles. The lowest BCUT2D eigenvalue weighted by atomic mass is 9.89. The van der Waals surface area contributed by atoms with Gasteiger partial charge in [0.1, 0.15) is 0 Å². The third kappa shape index (κ3) is 2.86. The average molecular weight is 328 g/mol. The van der Waals surface area contributed by atoms with Gasteiger partial charge in [-0.3, -0.25) is 9.48 Å². The number of hydrogen-bond donors (Lipinski definition) is 1. The second-order valence-corrected chi connectivity index (χ2v) is 6.25. The maximum absolute atomic E-state index is 12.3. The number of nitrogens with zero attached hydrogens (tertiary/aromatic N) is 2. The summed E-state index contributed by atoms with van der Waals surface area (Å²) in [5.74, 6) is 0.00956. The third-order valence-corrected chi connectivity index (χ3v) is 5.50. The monoisotopic (exact) mass is 327 g/mol. The number of nitrogens with one attached hydrogen (secondary N) is 1. The summed E-state index contributed by atoms with van der Waals surface area (Å²) in [4.78, 5) is 12.3. The summed E-state index contributed by atoms with van der Waals surface area (Å²) in [5.41, 5.74) is 2.70. The summed E-state index contributed by atoms with van der Waals surface area (Å²) in [6, 6.07) is 0. The number of rotatable bonds is 4. The highest BCUT2D eigenvalue weighted by Gasteiger charge is 2.33. The fourth-order valence-electron chi connectivity index (χ4n) is 2.94. The second kappa shape index (κ2) is 5.65. The van der Waals surface area contributed by atoms with E-state index < -0.39 is 0 Å². The van der Waals surface area contributed by atoms with Crippen molar-refractivity contribution in [2.45, 2.75) is 39.5 Å². The summed E-state index contributed by atoms with van der Waals surface area (Å²) in [5, 5.41) is 8.36. The van der Waals surface area contributed by atoms with Gasteiger partial charge < -0.3 is 5.32 Å². The topological polar surface area (TPSA) is 46.9 Å². The van der Waals surface area contributed by atoms with E-state index in [1.165, 1.54) is 25.7 Å². The Kier molecular flexibility index (Phi) is 4.33. The first kappa shape index (κ1) is 14.6. The smallest absolute Gasteiger partial charge is 0.255 e. The lowest BCUT2D eigenvalue weighted by molar-refractivity contribution is 0.0934. The molecular weight excluding hydrogens is 306 g/mol. The molecule has 0 unspecified atom stereocenters. The molecule has 1 fully saturated rings. The van der Waals surface area contributed by atoms with Gasteiger partial charge in [-0.25, -0.2) is 0 Å². The van der Waals surface area contributed by atoms with Crippen LogP contribution in [0, 0.1) is 19.3 Å². The lowest BCUT2D eigenvalue weighted by Crippen LogP contribution is -2.37. The molecule has 0 bridgehead atoms. The predicted octanol–water partition coefficient (Wildman–Crippen LogP) is 2.72. The second-order valence-electron chi connectivity index (χ2n) is 5.69. The van der Waals surface area contributed by atoms with Gasteiger partial charge in [0, 0.05) is 24.6 Å². The minimum absolute atomic E-state index is 0.00956.